The second-order valence-electron chi connectivity index (χ2n) is 3.73. The molecule has 14 heavy (non-hydrogen) atoms. The molecule has 3 heteroatoms. The predicted octanol–water partition coefficient (Wildman–Crippen LogP) is 4.53. The Labute approximate surface area is 113 Å². The van der Waals surface area contributed by atoms with Crippen molar-refractivity contribution < 1.29 is 21.7 Å². The van der Waals surface area contributed by atoms with Crippen molar-refractivity contribution >= 4 is 23.2 Å². The minimum Gasteiger partial charge on any atom is -0.263 e. The van der Waals surface area contributed by atoms with Gasteiger partial charge < -0.3 is 0 Å². The zero-order valence-electron chi connectivity index (χ0n) is 9.46. The molecule has 0 saturated carbocycles. The van der Waals surface area contributed by atoms with Crippen LogP contribution in [-0.2, 0) is 21.7 Å². The minimum absolute atomic E-state index is 0. The third-order valence-corrected chi connectivity index (χ3v) is 2.56. The van der Waals surface area contributed by atoms with Crippen LogP contribution >= 0.6 is 23.2 Å². The Balaban J connectivity index is 0. The molecule has 0 amide bonds. The summed E-state index contributed by atoms with van der Waals surface area (Å²) in [6, 6.07) is 0. The van der Waals surface area contributed by atoms with Gasteiger partial charge >= 0.3 is 0 Å². The van der Waals surface area contributed by atoms with E-state index >= 15 is 0 Å². The molecule has 1 aliphatic rings. The first-order valence-corrected chi connectivity index (χ1v) is 5.35. The van der Waals surface area contributed by atoms with Crippen LogP contribution in [0.5, 0.6) is 0 Å². The van der Waals surface area contributed by atoms with Crippen LogP contribution in [0.4, 0.5) is 0 Å². The Bertz CT molecular complexity index is 240. The van der Waals surface area contributed by atoms with Crippen LogP contribution in [-0.4, -0.2) is 5.34 Å². The summed E-state index contributed by atoms with van der Waals surface area (Å²) in [4.78, 5) is 0. The Morgan fingerprint density at radius 2 is 1.50 bits per heavy atom. The van der Waals surface area contributed by atoms with Gasteiger partial charge in [-0.1, -0.05) is 33.1 Å². The third-order valence-electron chi connectivity index (χ3n) is 2.56. The smallest absolute Gasteiger partial charge is 0.0967 e. The van der Waals surface area contributed by atoms with E-state index in [9.17, 15) is 0 Å². The van der Waals surface area contributed by atoms with Gasteiger partial charge in [0.15, 0.2) is 0 Å². The van der Waals surface area contributed by atoms with Crippen LogP contribution in [0.25, 0.3) is 0 Å². The van der Waals surface area contributed by atoms with Gasteiger partial charge in [0.25, 0.3) is 0 Å². The molecule has 1 aliphatic carbocycles. The first-order valence-electron chi connectivity index (χ1n) is 4.28. The molecule has 0 aliphatic heterocycles. The van der Waals surface area contributed by atoms with Gasteiger partial charge in [0.1, 0.15) is 0 Å². The van der Waals surface area contributed by atoms with Gasteiger partial charge in [0, 0.05) is 21.7 Å². The molecular formula is C11H17Cl2Ti-. The monoisotopic (exact) mass is 267 g/mol. The zero-order valence-corrected chi connectivity index (χ0v) is 12.5. The molecular weight excluding hydrogens is 251 g/mol. The first-order chi connectivity index (χ1) is 5.86. The summed E-state index contributed by atoms with van der Waals surface area (Å²) >= 11 is 9.53. The van der Waals surface area contributed by atoms with Crippen molar-refractivity contribution in [2.45, 2.75) is 34.6 Å². The molecule has 0 aromatic rings. The molecule has 0 saturated heterocycles. The average molecular weight is 268 g/mol. The van der Waals surface area contributed by atoms with Crippen molar-refractivity contribution in [1.29, 1.82) is 0 Å². The fourth-order valence-electron chi connectivity index (χ4n) is 1.41. The van der Waals surface area contributed by atoms with E-state index in [0.29, 0.717) is 0 Å². The maximum atomic E-state index is 4.76. The van der Waals surface area contributed by atoms with Gasteiger partial charge in [0.05, 0.1) is 5.34 Å². The number of halogens is 2. The largest absolute Gasteiger partial charge is 0.263 e. The molecule has 0 aromatic heterocycles. The van der Waals surface area contributed by atoms with Crippen molar-refractivity contribution in [3.63, 3.8) is 0 Å². The van der Waals surface area contributed by atoms with E-state index < -0.39 is 0 Å². The van der Waals surface area contributed by atoms with E-state index in [1.807, 2.05) is 0 Å². The molecule has 0 aromatic carbocycles. The Morgan fingerprint density at radius 3 is 1.57 bits per heavy atom. The van der Waals surface area contributed by atoms with E-state index in [2.05, 4.69) is 40.7 Å². The molecule has 80 valence electrons. The van der Waals surface area contributed by atoms with Crippen LogP contribution < -0.4 is 0 Å². The fourth-order valence-corrected chi connectivity index (χ4v) is 1.41. The molecule has 1 rings (SSSR count). The van der Waals surface area contributed by atoms with Crippen LogP contribution in [0.1, 0.15) is 34.6 Å². The second kappa shape index (κ2) is 7.11. The molecule has 0 spiro atoms. The SMILES string of the molecule is CC1=[C-]C(C)(C)C(C)=C1C.ClCCl.[Ti]. The summed E-state index contributed by atoms with van der Waals surface area (Å²) in [6.45, 7) is 10.9. The number of rotatable bonds is 0. The van der Waals surface area contributed by atoms with Crippen molar-refractivity contribution in [1.82, 2.24) is 0 Å². The second-order valence-corrected chi connectivity index (χ2v) is 4.53. The van der Waals surface area contributed by atoms with Gasteiger partial charge in [0.2, 0.25) is 0 Å². The standard InChI is InChI=1S/C10H15.CH2Cl2.Ti/c1-7-6-10(4,5)9(3)8(7)2;2-1-3;/h1-5H3;1H2;/q-1;;. The maximum Gasteiger partial charge on any atom is 0.0967 e. The summed E-state index contributed by atoms with van der Waals surface area (Å²) in [6.07, 6.45) is 3.44. The van der Waals surface area contributed by atoms with Crippen molar-refractivity contribution in [3.8, 4) is 0 Å². The molecule has 0 fully saturated rings. The molecule has 0 atom stereocenters. The van der Waals surface area contributed by atoms with Gasteiger partial charge in [-0.05, 0) is 0 Å². The first kappa shape index (κ1) is 17.2. The normalized spacial score (nSPS) is 18.1. The molecule has 0 radical (unpaired) electrons. The minimum atomic E-state index is 0. The van der Waals surface area contributed by atoms with Gasteiger partial charge in [-0.3, -0.25) is 6.08 Å². The van der Waals surface area contributed by atoms with Crippen molar-refractivity contribution in [2.24, 2.45) is 5.41 Å². The zero-order chi connectivity index (χ0) is 10.6. The topological polar surface area (TPSA) is 0 Å². The fraction of sp³-hybridized carbons (Fsp3) is 0.636. The molecule has 0 unspecified atom stereocenters. The Hall–Kier alpha value is 0.774. The Kier molecular flexibility index (Phi) is 8.73. The van der Waals surface area contributed by atoms with E-state index in [0.717, 1.165) is 0 Å². The summed E-state index contributed by atoms with van der Waals surface area (Å²) in [5.74, 6) is 0. The van der Waals surface area contributed by atoms with E-state index in [1.54, 1.807) is 0 Å². The van der Waals surface area contributed by atoms with Crippen LogP contribution in [0.15, 0.2) is 16.7 Å². The summed E-state index contributed by atoms with van der Waals surface area (Å²) in [5.41, 5.74) is 4.39. The summed E-state index contributed by atoms with van der Waals surface area (Å²) in [5, 5.41) is 0.194. The van der Waals surface area contributed by atoms with Crippen LogP contribution in [0.2, 0.25) is 0 Å². The van der Waals surface area contributed by atoms with E-state index in [4.69, 9.17) is 23.2 Å². The molecule has 0 N–H and O–H groups in total. The van der Waals surface area contributed by atoms with Crippen LogP contribution in [0, 0.1) is 11.5 Å². The average Bonchev–Trinajstić information content (AvgIpc) is 2.16. The summed E-state index contributed by atoms with van der Waals surface area (Å²) in [7, 11) is 0. The van der Waals surface area contributed by atoms with Crippen molar-refractivity contribution in [3.05, 3.63) is 22.8 Å². The van der Waals surface area contributed by atoms with E-state index in [-0.39, 0.29) is 32.5 Å². The van der Waals surface area contributed by atoms with Crippen molar-refractivity contribution in [2.75, 3.05) is 5.34 Å². The Morgan fingerprint density at radius 1 is 1.14 bits per heavy atom. The third kappa shape index (κ3) is 4.53. The number of alkyl halides is 2. The number of allylic oxidation sites excluding steroid dienone is 4. The summed E-state index contributed by atoms with van der Waals surface area (Å²) < 4.78 is 0. The maximum absolute atomic E-state index is 4.76. The van der Waals surface area contributed by atoms with Crippen LogP contribution in [0.3, 0.4) is 0 Å². The quantitative estimate of drug-likeness (QED) is 0.344. The van der Waals surface area contributed by atoms with Gasteiger partial charge in [-0.25, -0.2) is 5.57 Å². The number of hydrogen-bond acceptors (Lipinski definition) is 0. The molecule has 0 heterocycles. The number of hydrogen-bond donors (Lipinski definition) is 0. The molecule has 0 nitrogen and oxygen atoms in total. The van der Waals surface area contributed by atoms with Gasteiger partial charge in [-0.15, -0.1) is 30.1 Å². The van der Waals surface area contributed by atoms with E-state index in [1.165, 1.54) is 16.7 Å². The molecule has 0 bridgehead atoms. The van der Waals surface area contributed by atoms with Gasteiger partial charge in [-0.2, -0.15) is 11.1 Å². The predicted molar refractivity (Wildman–Crippen MR) is 61.2 cm³/mol.